The molecular weight excluding hydrogens is 396 g/mol. The molecule has 0 rings (SSSR count). The molecule has 0 atom stereocenters. The van der Waals surface area contributed by atoms with Crippen LogP contribution in [0.4, 0.5) is 0 Å². The fraction of sp³-hybridized carbons (Fsp3) is 0. The van der Waals surface area contributed by atoms with Crippen molar-refractivity contribution in [3.05, 3.63) is 191 Å². The summed E-state index contributed by atoms with van der Waals surface area (Å²) >= 11 is 0. The Labute approximate surface area is 190 Å². The van der Waals surface area contributed by atoms with Gasteiger partial charge in [0.1, 0.15) is 0 Å². The molecule has 0 aromatic rings. The molecule has 0 fully saturated rings. The molecule has 33 heavy (non-hydrogen) atoms. The summed E-state index contributed by atoms with van der Waals surface area (Å²) in [6.07, 6.45) is 0. The fourth-order valence-electron chi connectivity index (χ4n) is 0.932. The minimum absolute atomic E-state index is 2.37. The summed E-state index contributed by atoms with van der Waals surface area (Å²) in [5, 5.41) is 0. The maximum atomic E-state index is 3.31. The van der Waals surface area contributed by atoms with Crippen molar-refractivity contribution >= 4 is 0 Å². The lowest BCUT2D eigenvalue weighted by Gasteiger charge is -1.41. The van der Waals surface area contributed by atoms with Crippen molar-refractivity contribution in [1.82, 2.24) is 0 Å². The predicted octanol–water partition coefficient (Wildman–Crippen LogP) is 5.61. The van der Waals surface area contributed by atoms with Crippen LogP contribution in [-0.4, -0.2) is 0 Å². The second-order valence-corrected chi connectivity index (χ2v) is 3.98. The van der Waals surface area contributed by atoms with Crippen LogP contribution in [0.3, 0.4) is 0 Å². The highest BCUT2D eigenvalue weighted by molar-refractivity contribution is 4.95. The van der Waals surface area contributed by atoms with Crippen molar-refractivity contribution in [2.45, 2.75) is 0 Å². The highest BCUT2D eigenvalue weighted by Crippen LogP contribution is 1.59. The molecule has 0 spiro atoms. The van der Waals surface area contributed by atoms with Crippen molar-refractivity contribution in [3.8, 4) is 0 Å². The highest BCUT2D eigenvalue weighted by Gasteiger charge is 1.43. The number of rotatable bonds is 0. The van der Waals surface area contributed by atoms with E-state index in [0.29, 0.717) is 0 Å². The molecule has 0 aliphatic heterocycles. The molecule has 0 aliphatic rings. The standard InChI is InChI=1S/C33H4/c1-3-5-7-9-11-13-15-17-19-21-23-25-27-29-31-33-32-30-28-26-24-22-20-18-16-14-12-10-8-6-4-2/h1-2H2. The van der Waals surface area contributed by atoms with Crippen LogP contribution in [-0.2, 0) is 0 Å². The van der Waals surface area contributed by atoms with E-state index in [1.54, 1.807) is 0 Å². The van der Waals surface area contributed by atoms with E-state index in [-0.39, 0.29) is 0 Å². The van der Waals surface area contributed by atoms with Gasteiger partial charge in [0.25, 0.3) is 0 Å². The smallest absolute Gasteiger partial charge is 0 e. The van der Waals surface area contributed by atoms with Crippen LogP contribution in [0.1, 0.15) is 0 Å². The van der Waals surface area contributed by atoms with Crippen molar-refractivity contribution in [3.63, 3.8) is 0 Å². The summed E-state index contributed by atoms with van der Waals surface area (Å²) in [6, 6.07) is 0. The van der Waals surface area contributed by atoms with Gasteiger partial charge < -0.3 is 0 Å². The lowest BCUT2D eigenvalue weighted by Crippen LogP contribution is -1.25. The molecule has 0 radical (unpaired) electrons. The van der Waals surface area contributed by atoms with E-state index < -0.39 is 0 Å². The Balaban J connectivity index is 5.98. The minimum atomic E-state index is 2.37. The van der Waals surface area contributed by atoms with Crippen molar-refractivity contribution in [1.29, 1.82) is 0 Å². The Kier molecular flexibility index (Phi) is 19.6. The van der Waals surface area contributed by atoms with Gasteiger partial charge in [0.15, 0.2) is 0 Å². The second kappa shape index (κ2) is 24.9. The molecule has 0 nitrogen and oxygen atoms in total. The Morgan fingerprint density at radius 2 is 0.242 bits per heavy atom. The van der Waals surface area contributed by atoms with Crippen molar-refractivity contribution in [2.24, 2.45) is 0 Å². The molecule has 0 heterocycles. The van der Waals surface area contributed by atoms with E-state index in [1.165, 1.54) is 0 Å². The topological polar surface area (TPSA) is 0 Å². The van der Waals surface area contributed by atoms with Crippen molar-refractivity contribution in [2.75, 3.05) is 0 Å². The van der Waals surface area contributed by atoms with Gasteiger partial charge in [-0.05, 0) is 105 Å². The van der Waals surface area contributed by atoms with Crippen LogP contribution < -0.4 is 0 Å². The van der Waals surface area contributed by atoms with Crippen LogP contribution in [0.15, 0.2) is 191 Å². The molecule has 136 valence electrons. The number of hydrogen-bond donors (Lipinski definition) is 0. The summed E-state index contributed by atoms with van der Waals surface area (Å²) in [4.78, 5) is 0. The van der Waals surface area contributed by atoms with E-state index in [9.17, 15) is 0 Å². The zero-order valence-corrected chi connectivity index (χ0v) is 16.9. The summed E-state index contributed by atoms with van der Waals surface area (Å²) in [7, 11) is 0. The molecule has 0 aromatic heterocycles. The zero-order chi connectivity index (χ0) is 23.9. The van der Waals surface area contributed by atoms with E-state index in [0.717, 1.165) is 0 Å². The highest BCUT2D eigenvalue weighted by atomic mass is 13.4. The van der Waals surface area contributed by atoms with E-state index >= 15 is 0 Å². The molecule has 0 aromatic carbocycles. The molecule has 0 heteroatoms. The van der Waals surface area contributed by atoms with E-state index in [4.69, 9.17) is 0 Å². The van der Waals surface area contributed by atoms with Crippen LogP contribution in [0.5, 0.6) is 0 Å². The lowest BCUT2D eigenvalue weighted by molar-refractivity contribution is 2.11. The molecular formula is C33H4. The summed E-state index contributed by atoms with van der Waals surface area (Å²) in [5.41, 5.74) is 76.9. The first-order chi connectivity index (χ1) is 16.4. The number of hydrogen-bond acceptors (Lipinski definition) is 0. The van der Waals surface area contributed by atoms with Crippen LogP contribution in [0.25, 0.3) is 0 Å². The van der Waals surface area contributed by atoms with Gasteiger partial charge in [-0.1, -0.05) is 11.5 Å². The monoisotopic (exact) mass is 400 g/mol. The van der Waals surface area contributed by atoms with Gasteiger partial charge in [0.2, 0.25) is 0 Å². The quantitative estimate of drug-likeness (QED) is 0.464. The second-order valence-electron chi connectivity index (χ2n) is 3.98. The van der Waals surface area contributed by atoms with Crippen LogP contribution >= 0.6 is 0 Å². The summed E-state index contributed by atoms with van der Waals surface area (Å²) in [6.45, 7) is 6.61. The maximum Gasteiger partial charge on any atom is 0 e. The van der Waals surface area contributed by atoms with Crippen LogP contribution in [0, 0.1) is 0 Å². The molecule has 0 bridgehead atoms. The Morgan fingerprint density at radius 1 is 0.152 bits per heavy atom. The predicted molar refractivity (Wildman–Crippen MR) is 120 cm³/mol. The zero-order valence-electron chi connectivity index (χ0n) is 16.9. The van der Waals surface area contributed by atoms with Gasteiger partial charge in [-0.15, -0.1) is 0 Å². The third-order valence-corrected chi connectivity index (χ3v) is 1.93. The van der Waals surface area contributed by atoms with Gasteiger partial charge in [-0.2, -0.15) is 0 Å². The fourth-order valence-corrected chi connectivity index (χ4v) is 0.932. The summed E-state index contributed by atoms with van der Waals surface area (Å²) in [5.74, 6) is 0. The third-order valence-electron chi connectivity index (χ3n) is 1.93. The first-order valence-electron chi connectivity index (χ1n) is 8.21. The molecule has 0 amide bonds. The van der Waals surface area contributed by atoms with Gasteiger partial charge in [-0.25, -0.2) is 0 Å². The van der Waals surface area contributed by atoms with Crippen LogP contribution in [0.2, 0.25) is 0 Å². The van der Waals surface area contributed by atoms with E-state index in [2.05, 4.69) is 191 Å². The molecule has 0 unspecified atom stereocenters. The largest absolute Gasteiger partial charge is 0.0687 e. The van der Waals surface area contributed by atoms with E-state index in [1.807, 2.05) is 0 Å². The van der Waals surface area contributed by atoms with Crippen molar-refractivity contribution < 1.29 is 0 Å². The average molecular weight is 400 g/mol. The molecule has 0 saturated heterocycles. The van der Waals surface area contributed by atoms with Gasteiger partial charge in [-0.3, -0.25) is 0 Å². The molecule has 0 aliphatic carbocycles. The Morgan fingerprint density at radius 3 is 0.333 bits per heavy atom. The summed E-state index contributed by atoms with van der Waals surface area (Å²) < 4.78 is 0. The van der Waals surface area contributed by atoms with Gasteiger partial charge >= 0.3 is 0 Å². The lowest BCUT2D eigenvalue weighted by atomic mass is 10.6. The third kappa shape index (κ3) is 24.9. The average Bonchev–Trinajstić information content (AvgIpc) is 2.83. The SMILES string of the molecule is C=C=C=C=C=C=C=C=C=C=C=C=C=C=C=C=C=C=C=C=C=C=C=C=C=C=C=C=C=C=C=C=C. The minimum Gasteiger partial charge on any atom is -0.0687 e. The first-order valence-corrected chi connectivity index (χ1v) is 8.21. The normalized spacial score (nSPS) is 3.88. The first kappa shape index (κ1) is 25.9. The molecule has 0 saturated carbocycles. The Bertz CT molecular complexity index is 1870. The maximum absolute atomic E-state index is 3.31. The molecule has 0 N–H and O–H groups in total. The van der Waals surface area contributed by atoms with Gasteiger partial charge in [0.05, 0.1) is 0 Å². The van der Waals surface area contributed by atoms with Gasteiger partial charge in [0, 0.05) is 74.5 Å². The Hall–Kier alpha value is -7.08.